The fraction of sp³-hybridized carbons (Fsp3) is 0.455. The summed E-state index contributed by atoms with van der Waals surface area (Å²) in [4.78, 5) is 0. The van der Waals surface area contributed by atoms with E-state index in [0.717, 1.165) is 28.9 Å². The van der Waals surface area contributed by atoms with Gasteiger partial charge in [0.25, 0.3) is 0 Å². The van der Waals surface area contributed by atoms with Gasteiger partial charge in [0.2, 0.25) is 0 Å². The van der Waals surface area contributed by atoms with Crippen LogP contribution in [0, 0.1) is 13.8 Å². The molecule has 0 spiro atoms. The summed E-state index contributed by atoms with van der Waals surface area (Å²) < 4.78 is 5.52. The van der Waals surface area contributed by atoms with Crippen LogP contribution in [0.25, 0.3) is 0 Å². The van der Waals surface area contributed by atoms with Crippen molar-refractivity contribution in [2.24, 2.45) is 5.73 Å². The van der Waals surface area contributed by atoms with Crippen LogP contribution in [0.4, 0.5) is 0 Å². The van der Waals surface area contributed by atoms with Crippen LogP contribution < -0.4 is 10.5 Å². The first-order valence-corrected chi connectivity index (χ1v) is 4.82. The zero-order chi connectivity index (χ0) is 10.3. The van der Waals surface area contributed by atoms with Gasteiger partial charge in [-0.1, -0.05) is 0 Å². The van der Waals surface area contributed by atoms with Gasteiger partial charge in [0, 0.05) is 23.6 Å². The lowest BCUT2D eigenvalue weighted by Crippen LogP contribution is -2.21. The maximum absolute atomic E-state index is 9.73. The number of hydrogen-bond acceptors (Lipinski definition) is 3. The number of hydrogen-bond donors (Lipinski definition) is 2. The van der Waals surface area contributed by atoms with Crippen LogP contribution in [-0.2, 0) is 0 Å². The third kappa shape index (κ3) is 1.24. The topological polar surface area (TPSA) is 55.5 Å². The molecule has 3 N–H and O–H groups in total. The highest BCUT2D eigenvalue weighted by molar-refractivity contribution is 5.54. The summed E-state index contributed by atoms with van der Waals surface area (Å²) in [7, 11) is 0. The minimum atomic E-state index is 0.0387. The zero-order valence-electron chi connectivity index (χ0n) is 8.50. The monoisotopic (exact) mass is 193 g/mol. The maximum Gasteiger partial charge on any atom is 0.130 e. The lowest BCUT2D eigenvalue weighted by atomic mass is 9.95. The molecule has 1 heterocycles. The van der Waals surface area contributed by atoms with Gasteiger partial charge in [-0.25, -0.2) is 0 Å². The molecule has 3 heteroatoms. The average molecular weight is 193 g/mol. The fourth-order valence-corrected chi connectivity index (χ4v) is 1.90. The summed E-state index contributed by atoms with van der Waals surface area (Å²) in [6, 6.07) is 1.96. The molecule has 0 aliphatic carbocycles. The van der Waals surface area contributed by atoms with E-state index in [9.17, 15) is 5.11 Å². The molecule has 1 aromatic carbocycles. The van der Waals surface area contributed by atoms with Gasteiger partial charge < -0.3 is 15.6 Å². The Morgan fingerprint density at radius 1 is 1.50 bits per heavy atom. The molecule has 1 aliphatic rings. The Balaban J connectivity index is 2.63. The minimum Gasteiger partial charge on any atom is -0.507 e. The molecule has 0 aromatic heterocycles. The first-order valence-electron chi connectivity index (χ1n) is 4.82. The molecule has 0 saturated carbocycles. The first kappa shape index (κ1) is 9.34. The van der Waals surface area contributed by atoms with E-state index in [0.29, 0.717) is 12.4 Å². The van der Waals surface area contributed by atoms with Gasteiger partial charge >= 0.3 is 0 Å². The Hall–Kier alpha value is -1.22. The molecule has 0 amide bonds. The zero-order valence-corrected chi connectivity index (χ0v) is 8.50. The van der Waals surface area contributed by atoms with Crippen molar-refractivity contribution in [3.05, 3.63) is 22.8 Å². The molecule has 0 radical (unpaired) electrons. The van der Waals surface area contributed by atoms with Crippen molar-refractivity contribution < 1.29 is 9.84 Å². The second-order valence-electron chi connectivity index (χ2n) is 3.83. The highest BCUT2D eigenvalue weighted by Crippen LogP contribution is 2.39. The lowest BCUT2D eigenvalue weighted by Gasteiger charge is -2.25. The molecular weight excluding hydrogens is 178 g/mol. The number of aromatic hydroxyl groups is 1. The third-order valence-electron chi connectivity index (χ3n) is 2.78. The number of fused-ring (bicyclic) bond motifs is 1. The molecule has 1 atom stereocenters. The summed E-state index contributed by atoms with van der Waals surface area (Å²) in [5, 5.41) is 9.73. The molecule has 3 nitrogen and oxygen atoms in total. The van der Waals surface area contributed by atoms with Gasteiger partial charge in [0.15, 0.2) is 0 Å². The molecule has 0 saturated heterocycles. The second-order valence-corrected chi connectivity index (χ2v) is 3.83. The number of phenolic OH excluding ortho intramolecular Hbond substituents is 1. The van der Waals surface area contributed by atoms with E-state index in [1.807, 2.05) is 19.9 Å². The molecule has 0 unspecified atom stereocenters. The van der Waals surface area contributed by atoms with E-state index in [4.69, 9.17) is 10.5 Å². The quantitative estimate of drug-likeness (QED) is 0.660. The Kier molecular flexibility index (Phi) is 2.11. The summed E-state index contributed by atoms with van der Waals surface area (Å²) in [5.74, 6) is 1.09. The van der Waals surface area contributed by atoms with Crippen molar-refractivity contribution in [3.63, 3.8) is 0 Å². The van der Waals surface area contributed by atoms with E-state index < -0.39 is 0 Å². The predicted octanol–water partition coefficient (Wildman–Crippen LogP) is 1.79. The van der Waals surface area contributed by atoms with Crippen molar-refractivity contribution >= 4 is 0 Å². The van der Waals surface area contributed by atoms with Crippen molar-refractivity contribution in [2.75, 3.05) is 6.61 Å². The van der Waals surface area contributed by atoms with Crippen molar-refractivity contribution in [3.8, 4) is 11.5 Å². The standard InChI is InChI=1S/C11H15NO2/c1-6-5-8-9(12)3-4-14-11(8)7(2)10(6)13/h5,9,13H,3-4,12H2,1-2H3/t9-/m0/s1. The fourth-order valence-electron chi connectivity index (χ4n) is 1.90. The summed E-state index contributed by atoms with van der Waals surface area (Å²) >= 11 is 0. The van der Waals surface area contributed by atoms with Gasteiger partial charge in [-0.3, -0.25) is 0 Å². The van der Waals surface area contributed by atoms with Gasteiger partial charge in [-0.15, -0.1) is 0 Å². The molecule has 2 rings (SSSR count). The van der Waals surface area contributed by atoms with Crippen LogP contribution in [0.2, 0.25) is 0 Å². The number of phenols is 1. The van der Waals surface area contributed by atoms with Gasteiger partial charge in [-0.2, -0.15) is 0 Å². The Morgan fingerprint density at radius 3 is 2.93 bits per heavy atom. The van der Waals surface area contributed by atoms with E-state index in [1.54, 1.807) is 0 Å². The molecular formula is C11H15NO2. The molecule has 0 fully saturated rings. The SMILES string of the molecule is Cc1cc2c(c(C)c1O)OCC[C@@H]2N. The molecule has 0 bridgehead atoms. The minimum absolute atomic E-state index is 0.0387. The van der Waals surface area contributed by atoms with E-state index in [1.165, 1.54) is 0 Å². The van der Waals surface area contributed by atoms with Crippen molar-refractivity contribution in [2.45, 2.75) is 26.3 Å². The molecule has 1 aromatic rings. The third-order valence-corrected chi connectivity index (χ3v) is 2.78. The smallest absolute Gasteiger partial charge is 0.130 e. The molecule has 1 aliphatic heterocycles. The lowest BCUT2D eigenvalue weighted by molar-refractivity contribution is 0.265. The number of benzene rings is 1. The van der Waals surface area contributed by atoms with Crippen LogP contribution in [0.1, 0.15) is 29.2 Å². The summed E-state index contributed by atoms with van der Waals surface area (Å²) in [5.41, 5.74) is 8.65. The average Bonchev–Trinajstić information content (AvgIpc) is 2.17. The van der Waals surface area contributed by atoms with E-state index in [-0.39, 0.29) is 6.04 Å². The largest absolute Gasteiger partial charge is 0.507 e. The summed E-state index contributed by atoms with van der Waals surface area (Å²) in [6.45, 7) is 4.38. The van der Waals surface area contributed by atoms with Crippen LogP contribution >= 0.6 is 0 Å². The Labute approximate surface area is 83.5 Å². The summed E-state index contributed by atoms with van der Waals surface area (Å²) in [6.07, 6.45) is 0.844. The number of aryl methyl sites for hydroxylation is 1. The van der Waals surface area contributed by atoms with E-state index >= 15 is 0 Å². The predicted molar refractivity (Wildman–Crippen MR) is 54.6 cm³/mol. The van der Waals surface area contributed by atoms with E-state index in [2.05, 4.69) is 0 Å². The van der Waals surface area contributed by atoms with Crippen LogP contribution in [0.3, 0.4) is 0 Å². The van der Waals surface area contributed by atoms with Gasteiger partial charge in [-0.05, 0) is 25.5 Å². The second kappa shape index (κ2) is 3.17. The highest BCUT2D eigenvalue weighted by atomic mass is 16.5. The normalized spacial score (nSPS) is 20.1. The van der Waals surface area contributed by atoms with Crippen molar-refractivity contribution in [1.29, 1.82) is 0 Å². The van der Waals surface area contributed by atoms with Crippen LogP contribution in [0.15, 0.2) is 6.07 Å². The Morgan fingerprint density at radius 2 is 2.21 bits per heavy atom. The maximum atomic E-state index is 9.73. The number of rotatable bonds is 0. The first-order chi connectivity index (χ1) is 6.61. The highest BCUT2D eigenvalue weighted by Gasteiger charge is 2.22. The number of nitrogens with two attached hydrogens (primary N) is 1. The van der Waals surface area contributed by atoms with Gasteiger partial charge in [0.05, 0.1) is 6.61 Å². The Bertz CT molecular complexity index is 374. The van der Waals surface area contributed by atoms with Crippen LogP contribution in [0.5, 0.6) is 11.5 Å². The van der Waals surface area contributed by atoms with Crippen molar-refractivity contribution in [1.82, 2.24) is 0 Å². The van der Waals surface area contributed by atoms with Gasteiger partial charge in [0.1, 0.15) is 11.5 Å². The van der Waals surface area contributed by atoms with Crippen LogP contribution in [-0.4, -0.2) is 11.7 Å². The number of ether oxygens (including phenoxy) is 1. The molecule has 76 valence electrons. The molecule has 14 heavy (non-hydrogen) atoms.